The predicted octanol–water partition coefficient (Wildman–Crippen LogP) is 3.14. The molecular formula is C12H10BrFN2O. The van der Waals surface area contributed by atoms with Crippen LogP contribution >= 0.6 is 15.9 Å². The molecular weight excluding hydrogens is 287 g/mol. The number of nitrogen functional groups attached to an aromatic ring is 1. The fourth-order valence-corrected chi connectivity index (χ4v) is 1.63. The van der Waals surface area contributed by atoms with Crippen molar-refractivity contribution >= 4 is 21.7 Å². The molecule has 0 aliphatic rings. The van der Waals surface area contributed by atoms with Gasteiger partial charge in [0.15, 0.2) is 11.6 Å². The molecule has 5 heteroatoms. The summed E-state index contributed by atoms with van der Waals surface area (Å²) in [4.78, 5) is 3.93. The van der Waals surface area contributed by atoms with E-state index in [1.165, 1.54) is 6.07 Å². The van der Waals surface area contributed by atoms with E-state index in [0.717, 1.165) is 4.47 Å². The molecule has 0 aliphatic heterocycles. The van der Waals surface area contributed by atoms with E-state index in [4.69, 9.17) is 10.5 Å². The summed E-state index contributed by atoms with van der Waals surface area (Å²) in [6, 6.07) is 8.14. The normalized spacial score (nSPS) is 10.2. The maximum Gasteiger partial charge on any atom is 0.166 e. The quantitative estimate of drug-likeness (QED) is 0.946. The first-order valence-electron chi connectivity index (χ1n) is 4.94. The summed E-state index contributed by atoms with van der Waals surface area (Å²) in [5.74, 6) is 0.418. The summed E-state index contributed by atoms with van der Waals surface area (Å²) in [7, 11) is 0. The molecule has 2 rings (SSSR count). The van der Waals surface area contributed by atoms with Crippen LogP contribution in [0.2, 0.25) is 0 Å². The molecule has 0 radical (unpaired) electrons. The second kappa shape index (κ2) is 5.14. The van der Waals surface area contributed by atoms with E-state index in [9.17, 15) is 4.39 Å². The lowest BCUT2D eigenvalue weighted by molar-refractivity contribution is 0.300. The maximum absolute atomic E-state index is 13.3. The van der Waals surface area contributed by atoms with E-state index in [0.29, 0.717) is 11.3 Å². The highest BCUT2D eigenvalue weighted by Gasteiger charge is 2.05. The zero-order valence-electron chi connectivity index (χ0n) is 8.86. The molecule has 0 bridgehead atoms. The van der Waals surface area contributed by atoms with E-state index < -0.39 is 0 Å². The van der Waals surface area contributed by atoms with E-state index in [2.05, 4.69) is 20.9 Å². The van der Waals surface area contributed by atoms with E-state index >= 15 is 0 Å². The van der Waals surface area contributed by atoms with Crippen LogP contribution in [0.3, 0.4) is 0 Å². The molecule has 0 atom stereocenters. The van der Waals surface area contributed by atoms with Crippen molar-refractivity contribution in [2.24, 2.45) is 0 Å². The van der Waals surface area contributed by atoms with Crippen LogP contribution in [0.1, 0.15) is 5.56 Å². The van der Waals surface area contributed by atoms with Gasteiger partial charge in [0.25, 0.3) is 0 Å². The number of ether oxygens (including phenoxy) is 1. The molecule has 1 aromatic carbocycles. The Hall–Kier alpha value is -1.62. The molecule has 1 aromatic heterocycles. The Morgan fingerprint density at radius 1 is 1.35 bits per heavy atom. The zero-order valence-corrected chi connectivity index (χ0v) is 10.4. The Morgan fingerprint density at radius 2 is 2.12 bits per heavy atom. The molecule has 17 heavy (non-hydrogen) atoms. The molecule has 0 spiro atoms. The van der Waals surface area contributed by atoms with Crippen LogP contribution in [0.5, 0.6) is 5.75 Å². The van der Waals surface area contributed by atoms with Crippen LogP contribution in [0.25, 0.3) is 0 Å². The summed E-state index contributed by atoms with van der Waals surface area (Å²) < 4.78 is 19.5. The molecule has 0 aliphatic carbocycles. The average Bonchev–Trinajstić information content (AvgIpc) is 2.32. The molecule has 0 saturated heterocycles. The SMILES string of the molecule is Nc1ncc(Br)cc1OCc1ccccc1F. The summed E-state index contributed by atoms with van der Waals surface area (Å²) in [6.07, 6.45) is 1.57. The van der Waals surface area contributed by atoms with Gasteiger partial charge in [-0.1, -0.05) is 18.2 Å². The number of hydrogen-bond donors (Lipinski definition) is 1. The van der Waals surface area contributed by atoms with Crippen LogP contribution in [0, 0.1) is 5.82 Å². The number of rotatable bonds is 3. The second-order valence-corrected chi connectivity index (χ2v) is 4.33. The Morgan fingerprint density at radius 3 is 2.88 bits per heavy atom. The van der Waals surface area contributed by atoms with Crippen molar-refractivity contribution in [2.45, 2.75) is 6.61 Å². The van der Waals surface area contributed by atoms with Gasteiger partial charge < -0.3 is 10.5 Å². The third-order valence-electron chi connectivity index (χ3n) is 2.19. The van der Waals surface area contributed by atoms with Gasteiger partial charge >= 0.3 is 0 Å². The number of pyridine rings is 1. The van der Waals surface area contributed by atoms with Crippen LogP contribution in [-0.2, 0) is 6.61 Å². The van der Waals surface area contributed by atoms with Crippen molar-refractivity contribution in [3.63, 3.8) is 0 Å². The summed E-state index contributed by atoms with van der Waals surface area (Å²) in [5.41, 5.74) is 6.12. The fourth-order valence-electron chi connectivity index (χ4n) is 1.32. The van der Waals surface area contributed by atoms with Gasteiger partial charge in [-0.3, -0.25) is 0 Å². The van der Waals surface area contributed by atoms with Gasteiger partial charge in [-0.05, 0) is 28.1 Å². The smallest absolute Gasteiger partial charge is 0.166 e. The van der Waals surface area contributed by atoms with E-state index in [-0.39, 0.29) is 18.2 Å². The monoisotopic (exact) mass is 296 g/mol. The van der Waals surface area contributed by atoms with Gasteiger partial charge in [-0.15, -0.1) is 0 Å². The van der Waals surface area contributed by atoms with Crippen molar-refractivity contribution in [2.75, 3.05) is 5.73 Å². The number of halogens is 2. The van der Waals surface area contributed by atoms with Crippen LogP contribution in [0.15, 0.2) is 41.0 Å². The van der Waals surface area contributed by atoms with E-state index in [1.807, 2.05) is 0 Å². The molecule has 0 unspecified atom stereocenters. The first-order chi connectivity index (χ1) is 8.16. The van der Waals surface area contributed by atoms with Crippen LogP contribution in [0.4, 0.5) is 10.2 Å². The zero-order chi connectivity index (χ0) is 12.3. The lowest BCUT2D eigenvalue weighted by Crippen LogP contribution is -2.01. The maximum atomic E-state index is 13.3. The largest absolute Gasteiger partial charge is 0.485 e. The van der Waals surface area contributed by atoms with Crippen molar-refractivity contribution in [3.8, 4) is 5.75 Å². The minimum atomic E-state index is -0.297. The third-order valence-corrected chi connectivity index (χ3v) is 2.62. The van der Waals surface area contributed by atoms with Gasteiger partial charge in [0, 0.05) is 16.2 Å². The van der Waals surface area contributed by atoms with Gasteiger partial charge in [-0.2, -0.15) is 0 Å². The molecule has 2 aromatic rings. The minimum absolute atomic E-state index is 0.120. The van der Waals surface area contributed by atoms with E-state index in [1.54, 1.807) is 30.5 Å². The third kappa shape index (κ3) is 2.94. The first kappa shape index (κ1) is 11.9. The Kier molecular flexibility index (Phi) is 3.58. The average molecular weight is 297 g/mol. The Balaban J connectivity index is 2.12. The number of anilines is 1. The van der Waals surface area contributed by atoms with Crippen LogP contribution in [-0.4, -0.2) is 4.98 Å². The highest BCUT2D eigenvalue weighted by Crippen LogP contribution is 2.24. The molecule has 1 heterocycles. The highest BCUT2D eigenvalue weighted by atomic mass is 79.9. The van der Waals surface area contributed by atoms with Crippen LogP contribution < -0.4 is 10.5 Å². The van der Waals surface area contributed by atoms with Crippen molar-refractivity contribution in [3.05, 3.63) is 52.4 Å². The fraction of sp³-hybridized carbons (Fsp3) is 0.0833. The number of aromatic nitrogens is 1. The van der Waals surface area contributed by atoms with Crippen molar-refractivity contribution in [1.82, 2.24) is 4.98 Å². The van der Waals surface area contributed by atoms with Gasteiger partial charge in [0.2, 0.25) is 0 Å². The molecule has 0 saturated carbocycles. The minimum Gasteiger partial charge on any atom is -0.485 e. The molecule has 3 nitrogen and oxygen atoms in total. The summed E-state index contributed by atoms with van der Waals surface area (Å²) >= 11 is 3.26. The lowest BCUT2D eigenvalue weighted by Gasteiger charge is -2.09. The molecule has 88 valence electrons. The lowest BCUT2D eigenvalue weighted by atomic mass is 10.2. The number of hydrogen-bond acceptors (Lipinski definition) is 3. The number of nitrogens with zero attached hydrogens (tertiary/aromatic N) is 1. The van der Waals surface area contributed by atoms with Crippen molar-refractivity contribution < 1.29 is 9.13 Å². The summed E-state index contributed by atoms with van der Waals surface area (Å²) in [6.45, 7) is 0.120. The molecule has 0 amide bonds. The Labute approximate surface area is 107 Å². The van der Waals surface area contributed by atoms with Gasteiger partial charge in [0.1, 0.15) is 12.4 Å². The topological polar surface area (TPSA) is 48.1 Å². The molecule has 0 fully saturated rings. The van der Waals surface area contributed by atoms with Crippen molar-refractivity contribution in [1.29, 1.82) is 0 Å². The summed E-state index contributed by atoms with van der Waals surface area (Å²) in [5, 5.41) is 0. The number of nitrogens with two attached hydrogens (primary N) is 1. The standard InChI is InChI=1S/C12H10BrFN2O/c13-9-5-11(12(15)16-6-9)17-7-8-3-1-2-4-10(8)14/h1-6H,7H2,(H2,15,16). The molecule has 2 N–H and O–H groups in total. The predicted molar refractivity (Wildman–Crippen MR) is 67.1 cm³/mol. The second-order valence-electron chi connectivity index (χ2n) is 3.42. The highest BCUT2D eigenvalue weighted by molar-refractivity contribution is 9.10. The van der Waals surface area contributed by atoms with Gasteiger partial charge in [0.05, 0.1) is 0 Å². The first-order valence-corrected chi connectivity index (χ1v) is 5.73. The van der Waals surface area contributed by atoms with Gasteiger partial charge in [-0.25, -0.2) is 9.37 Å². The number of benzene rings is 1. The Bertz CT molecular complexity index is 534.